The van der Waals surface area contributed by atoms with Crippen molar-refractivity contribution in [2.24, 2.45) is 0 Å². The molecule has 2 atom stereocenters. The minimum absolute atomic E-state index is 0.877. The Morgan fingerprint density at radius 2 is 2.18 bits per heavy atom. The average Bonchev–Trinajstić information content (AvgIpc) is 2.32. The van der Waals surface area contributed by atoms with Crippen molar-refractivity contribution in [3.8, 4) is 0 Å². The smallest absolute Gasteiger partial charge is 0.0237 e. The summed E-state index contributed by atoms with van der Waals surface area (Å²) in [4.78, 5) is 5.13. The highest BCUT2D eigenvalue weighted by atomic mass is 15.3. The van der Waals surface area contributed by atoms with Crippen LogP contribution in [0.2, 0.25) is 0 Å². The van der Waals surface area contributed by atoms with Crippen molar-refractivity contribution in [2.75, 3.05) is 26.7 Å². The van der Waals surface area contributed by atoms with Gasteiger partial charge in [-0.1, -0.05) is 6.92 Å². The molecule has 0 spiro atoms. The highest BCUT2D eigenvalue weighted by Gasteiger charge is 2.38. The van der Waals surface area contributed by atoms with Gasteiger partial charge in [-0.2, -0.15) is 0 Å². The molecule has 0 radical (unpaired) electrons. The molecule has 0 aromatic rings. The first-order chi connectivity index (χ1) is 5.31. The van der Waals surface area contributed by atoms with Gasteiger partial charge in [0.05, 0.1) is 0 Å². The van der Waals surface area contributed by atoms with Crippen LogP contribution in [0, 0.1) is 0 Å². The summed E-state index contributed by atoms with van der Waals surface area (Å²) in [7, 11) is 2.28. The van der Waals surface area contributed by atoms with Crippen molar-refractivity contribution < 1.29 is 0 Å². The summed E-state index contributed by atoms with van der Waals surface area (Å²) in [5, 5.41) is 0. The van der Waals surface area contributed by atoms with E-state index in [1.807, 2.05) is 0 Å². The minimum atomic E-state index is 0.877. The molecule has 0 N–H and O–H groups in total. The molecule has 0 aromatic heterocycles. The van der Waals surface area contributed by atoms with Crippen LogP contribution in [0.5, 0.6) is 0 Å². The lowest BCUT2D eigenvalue weighted by atomic mass is 9.93. The van der Waals surface area contributed by atoms with Crippen LogP contribution in [0.3, 0.4) is 0 Å². The molecule has 2 nitrogen and oxygen atoms in total. The van der Waals surface area contributed by atoms with Crippen LogP contribution in [0.4, 0.5) is 0 Å². The van der Waals surface area contributed by atoms with E-state index in [-0.39, 0.29) is 0 Å². The number of fused-ring (bicyclic) bond motifs is 3. The Hall–Kier alpha value is -0.0800. The van der Waals surface area contributed by atoms with Crippen LogP contribution < -0.4 is 0 Å². The van der Waals surface area contributed by atoms with Gasteiger partial charge in [-0.15, -0.1) is 0 Å². The van der Waals surface area contributed by atoms with Crippen molar-refractivity contribution in [1.82, 2.24) is 9.80 Å². The second kappa shape index (κ2) is 2.76. The molecule has 11 heavy (non-hydrogen) atoms. The highest BCUT2D eigenvalue weighted by Crippen LogP contribution is 2.29. The molecule has 3 fully saturated rings. The Morgan fingerprint density at radius 1 is 1.36 bits per heavy atom. The van der Waals surface area contributed by atoms with E-state index in [4.69, 9.17) is 0 Å². The monoisotopic (exact) mass is 154 g/mol. The summed E-state index contributed by atoms with van der Waals surface area (Å²) in [6, 6.07) is 1.79. The van der Waals surface area contributed by atoms with E-state index in [1.54, 1.807) is 0 Å². The average molecular weight is 154 g/mol. The second-order valence-corrected chi connectivity index (χ2v) is 3.89. The first kappa shape index (κ1) is 7.56. The van der Waals surface area contributed by atoms with Gasteiger partial charge in [0.1, 0.15) is 0 Å². The molecule has 2 heteroatoms. The van der Waals surface area contributed by atoms with Crippen molar-refractivity contribution >= 4 is 0 Å². The highest BCUT2D eigenvalue weighted by molar-refractivity contribution is 4.95. The maximum absolute atomic E-state index is 2.58. The molecule has 0 saturated carbocycles. The van der Waals surface area contributed by atoms with Crippen LogP contribution in [0.15, 0.2) is 0 Å². The van der Waals surface area contributed by atoms with Gasteiger partial charge >= 0.3 is 0 Å². The molecule has 3 rings (SSSR count). The van der Waals surface area contributed by atoms with Gasteiger partial charge in [0.2, 0.25) is 0 Å². The fourth-order valence-corrected chi connectivity index (χ4v) is 2.34. The normalized spacial score (nSPS) is 39.8. The van der Waals surface area contributed by atoms with Crippen LogP contribution in [-0.4, -0.2) is 48.6 Å². The van der Waals surface area contributed by atoms with Gasteiger partial charge in [0.15, 0.2) is 0 Å². The van der Waals surface area contributed by atoms with Gasteiger partial charge in [-0.25, -0.2) is 0 Å². The molecule has 0 aromatic carbocycles. The van der Waals surface area contributed by atoms with Crippen molar-refractivity contribution in [3.63, 3.8) is 0 Å². The number of rotatable bonds is 1. The third-order valence-corrected chi connectivity index (χ3v) is 3.39. The fourth-order valence-electron chi connectivity index (χ4n) is 2.34. The zero-order chi connectivity index (χ0) is 7.84. The fraction of sp³-hybridized carbons (Fsp3) is 1.00. The quantitative estimate of drug-likeness (QED) is 0.551. The molecule has 0 aliphatic carbocycles. The van der Waals surface area contributed by atoms with E-state index in [0.29, 0.717) is 0 Å². The number of hydrogen-bond acceptors (Lipinski definition) is 2. The van der Waals surface area contributed by atoms with Crippen molar-refractivity contribution in [1.29, 1.82) is 0 Å². The third kappa shape index (κ3) is 1.18. The molecular weight excluding hydrogens is 136 g/mol. The standard InChI is InChI=1S/C9H18N2/c1-3-11-5-4-8-6-9(7-11)10(8)2/h8-9H,3-7H2,1-2H3. The van der Waals surface area contributed by atoms with Gasteiger partial charge in [0.25, 0.3) is 0 Å². The Balaban J connectivity index is 1.96. The number of nitrogens with zero attached hydrogens (tertiary/aromatic N) is 2. The van der Waals surface area contributed by atoms with Crippen molar-refractivity contribution in [2.45, 2.75) is 31.8 Å². The van der Waals surface area contributed by atoms with E-state index < -0.39 is 0 Å². The molecule has 64 valence electrons. The molecule has 0 amide bonds. The predicted molar refractivity (Wildman–Crippen MR) is 46.7 cm³/mol. The molecule has 3 saturated heterocycles. The lowest BCUT2D eigenvalue weighted by Crippen LogP contribution is -2.54. The molecule has 2 unspecified atom stereocenters. The van der Waals surface area contributed by atoms with E-state index in [9.17, 15) is 0 Å². The largest absolute Gasteiger partial charge is 0.302 e. The van der Waals surface area contributed by atoms with E-state index in [1.165, 1.54) is 32.5 Å². The van der Waals surface area contributed by atoms with Gasteiger partial charge in [-0.05, 0) is 33.0 Å². The predicted octanol–water partition coefficient (Wildman–Crippen LogP) is 0.785. The zero-order valence-corrected chi connectivity index (χ0v) is 7.58. The Labute approximate surface area is 69.2 Å². The summed E-state index contributed by atoms with van der Waals surface area (Å²) in [6.07, 6.45) is 2.84. The second-order valence-electron chi connectivity index (χ2n) is 3.89. The summed E-state index contributed by atoms with van der Waals surface area (Å²) in [5.41, 5.74) is 0. The Morgan fingerprint density at radius 3 is 2.82 bits per heavy atom. The molecule has 3 heterocycles. The van der Waals surface area contributed by atoms with E-state index >= 15 is 0 Å². The molecular formula is C9H18N2. The van der Waals surface area contributed by atoms with Crippen LogP contribution in [0.1, 0.15) is 19.8 Å². The first-order valence-corrected chi connectivity index (χ1v) is 4.75. The lowest BCUT2D eigenvalue weighted by molar-refractivity contribution is 0.0501. The maximum Gasteiger partial charge on any atom is 0.0237 e. The molecule has 3 aliphatic heterocycles. The summed E-state index contributed by atoms with van der Waals surface area (Å²) in [5.74, 6) is 0. The van der Waals surface area contributed by atoms with Gasteiger partial charge in [0, 0.05) is 18.6 Å². The number of likely N-dealkylation sites (N-methyl/N-ethyl adjacent to an activating group) is 2. The Bertz CT molecular complexity index is 146. The lowest BCUT2D eigenvalue weighted by Gasteiger charge is -2.44. The minimum Gasteiger partial charge on any atom is -0.302 e. The SMILES string of the molecule is CCN1CCC2CC(C1)N2C. The topological polar surface area (TPSA) is 6.48 Å². The van der Waals surface area contributed by atoms with Gasteiger partial charge in [-0.3, -0.25) is 4.90 Å². The summed E-state index contributed by atoms with van der Waals surface area (Å²) in [6.45, 7) is 6.13. The van der Waals surface area contributed by atoms with Crippen LogP contribution in [0.25, 0.3) is 0 Å². The summed E-state index contributed by atoms with van der Waals surface area (Å²) >= 11 is 0. The van der Waals surface area contributed by atoms with Crippen LogP contribution >= 0.6 is 0 Å². The van der Waals surface area contributed by atoms with Crippen LogP contribution in [-0.2, 0) is 0 Å². The third-order valence-electron chi connectivity index (χ3n) is 3.39. The zero-order valence-electron chi connectivity index (χ0n) is 7.58. The molecule has 2 bridgehead atoms. The van der Waals surface area contributed by atoms with E-state index in [0.717, 1.165) is 12.1 Å². The van der Waals surface area contributed by atoms with Gasteiger partial charge < -0.3 is 4.90 Å². The first-order valence-electron chi connectivity index (χ1n) is 4.75. The maximum atomic E-state index is 2.58. The van der Waals surface area contributed by atoms with E-state index in [2.05, 4.69) is 23.8 Å². The van der Waals surface area contributed by atoms with Crippen molar-refractivity contribution in [3.05, 3.63) is 0 Å². The Kier molecular flexibility index (Phi) is 1.90. The number of hydrogen-bond donors (Lipinski definition) is 0. The summed E-state index contributed by atoms with van der Waals surface area (Å²) < 4.78 is 0. The molecule has 3 aliphatic rings.